The summed E-state index contributed by atoms with van der Waals surface area (Å²) in [6.07, 6.45) is 3.69. The summed E-state index contributed by atoms with van der Waals surface area (Å²) >= 11 is 1.31. The molecule has 2 atom stereocenters. The quantitative estimate of drug-likeness (QED) is 0.296. The van der Waals surface area contributed by atoms with Crippen molar-refractivity contribution in [2.75, 3.05) is 5.32 Å². The molecule has 3 aromatic rings. The van der Waals surface area contributed by atoms with Gasteiger partial charge in [0.15, 0.2) is 0 Å². The second-order valence-corrected chi connectivity index (χ2v) is 11.2. The molecule has 0 amide bonds. The Morgan fingerprint density at radius 1 is 1.26 bits per heavy atom. The average Bonchev–Trinajstić information content (AvgIpc) is 3.33. The van der Waals surface area contributed by atoms with Gasteiger partial charge in [0.2, 0.25) is 5.95 Å². The van der Waals surface area contributed by atoms with E-state index in [0.29, 0.717) is 23.5 Å². The molecule has 202 valence electrons. The molecular weight excluding hydrogens is 517 g/mol. The van der Waals surface area contributed by atoms with E-state index in [2.05, 4.69) is 20.3 Å². The van der Waals surface area contributed by atoms with Crippen LogP contribution in [0.4, 0.5) is 24.8 Å². The van der Waals surface area contributed by atoms with Gasteiger partial charge >= 0.3 is 12.1 Å². The summed E-state index contributed by atoms with van der Waals surface area (Å²) in [7, 11) is 0. The van der Waals surface area contributed by atoms with Crippen LogP contribution in [0.1, 0.15) is 62.7 Å². The van der Waals surface area contributed by atoms with Gasteiger partial charge in [-0.05, 0) is 66.5 Å². The van der Waals surface area contributed by atoms with Gasteiger partial charge in [0.25, 0.3) is 0 Å². The molecular formula is C27H29F3N4O3S. The number of anilines is 2. The number of allylic oxidation sites excluding steroid dienone is 1. The van der Waals surface area contributed by atoms with E-state index in [1.54, 1.807) is 18.3 Å². The Morgan fingerprint density at radius 2 is 2.03 bits per heavy atom. The third kappa shape index (κ3) is 6.05. The zero-order valence-corrected chi connectivity index (χ0v) is 22.0. The van der Waals surface area contributed by atoms with Crippen LogP contribution in [0.2, 0.25) is 0 Å². The van der Waals surface area contributed by atoms with E-state index in [4.69, 9.17) is 0 Å². The van der Waals surface area contributed by atoms with E-state index in [-0.39, 0.29) is 12.4 Å². The van der Waals surface area contributed by atoms with Gasteiger partial charge in [0.1, 0.15) is 16.3 Å². The fourth-order valence-corrected chi connectivity index (χ4v) is 5.94. The Hall–Kier alpha value is -3.31. The number of thiazole rings is 1. The Kier molecular flexibility index (Phi) is 7.62. The predicted molar refractivity (Wildman–Crippen MR) is 140 cm³/mol. The van der Waals surface area contributed by atoms with Crippen molar-refractivity contribution in [1.82, 2.24) is 15.0 Å². The average molecular weight is 547 g/mol. The SMILES string of the molecule is CC/C=C\c1cc(Nc2nccc(C(F)(F)F)n2)cc(-c2cnc([C@]3(O)CC[C@@H](C(=O)O)C(C)(C)C3)s2)c1. The Balaban J connectivity index is 1.66. The molecule has 11 heteroatoms. The number of alkyl halides is 3. The van der Waals surface area contributed by atoms with Crippen LogP contribution in [0.5, 0.6) is 0 Å². The third-order valence-electron chi connectivity index (χ3n) is 6.73. The van der Waals surface area contributed by atoms with E-state index in [0.717, 1.165) is 34.7 Å². The van der Waals surface area contributed by atoms with Crippen molar-refractivity contribution >= 4 is 35.0 Å². The second-order valence-electron chi connectivity index (χ2n) is 10.2. The standard InChI is InChI=1S/C27H29F3N4O3S/c1-4-5-6-16-11-17(13-18(12-16)33-24-31-10-8-21(34-24)27(28,29)30)20-14-32-23(38-20)26(37)9-7-19(22(35)36)25(2,3)15-26/h5-6,8,10-14,19,37H,4,7,9,15H2,1-3H3,(H,35,36)(H,31,33,34)/b6-5-/t19-,26-/m0/s1. The maximum atomic E-state index is 13.1. The molecule has 0 aliphatic heterocycles. The van der Waals surface area contributed by atoms with Gasteiger partial charge in [-0.3, -0.25) is 4.79 Å². The number of hydrogen-bond acceptors (Lipinski definition) is 7. The molecule has 1 saturated carbocycles. The Bertz CT molecular complexity index is 1360. The molecule has 1 aromatic carbocycles. The first-order chi connectivity index (χ1) is 17.8. The van der Waals surface area contributed by atoms with Gasteiger partial charge in [-0.1, -0.05) is 32.9 Å². The number of rotatable bonds is 7. The molecule has 3 N–H and O–H groups in total. The highest BCUT2D eigenvalue weighted by Gasteiger charge is 2.49. The topological polar surface area (TPSA) is 108 Å². The molecule has 0 bridgehead atoms. The molecule has 7 nitrogen and oxygen atoms in total. The molecule has 2 aromatic heterocycles. The number of nitrogens with zero attached hydrogens (tertiary/aromatic N) is 3. The van der Waals surface area contributed by atoms with E-state index in [9.17, 15) is 28.2 Å². The lowest BCUT2D eigenvalue weighted by Crippen LogP contribution is -2.44. The number of hydrogen-bond donors (Lipinski definition) is 3. The maximum absolute atomic E-state index is 13.1. The number of nitrogens with one attached hydrogen (secondary N) is 1. The largest absolute Gasteiger partial charge is 0.481 e. The van der Waals surface area contributed by atoms with Crippen molar-refractivity contribution in [3.63, 3.8) is 0 Å². The summed E-state index contributed by atoms with van der Waals surface area (Å²) in [4.78, 5) is 24.4. The molecule has 1 aliphatic rings. The number of aliphatic carboxylic acids is 1. The number of aromatic nitrogens is 3. The second kappa shape index (κ2) is 10.5. The highest BCUT2D eigenvalue weighted by atomic mass is 32.1. The van der Waals surface area contributed by atoms with Gasteiger partial charge in [0.05, 0.1) is 10.8 Å². The summed E-state index contributed by atoms with van der Waals surface area (Å²) in [5.74, 6) is -1.59. The van der Waals surface area contributed by atoms with Crippen LogP contribution in [0.3, 0.4) is 0 Å². The molecule has 1 fully saturated rings. The number of carboxylic acids is 1. The highest BCUT2D eigenvalue weighted by Crippen LogP contribution is 2.51. The number of halogens is 3. The van der Waals surface area contributed by atoms with Crippen LogP contribution < -0.4 is 5.32 Å². The monoisotopic (exact) mass is 546 g/mol. The zero-order chi connectivity index (χ0) is 27.7. The summed E-state index contributed by atoms with van der Waals surface area (Å²) < 4.78 is 39.3. The minimum atomic E-state index is -4.59. The first-order valence-corrected chi connectivity index (χ1v) is 13.0. The van der Waals surface area contributed by atoms with Gasteiger partial charge in [-0.15, -0.1) is 11.3 Å². The Morgan fingerprint density at radius 3 is 2.68 bits per heavy atom. The molecule has 0 unspecified atom stereocenters. The van der Waals surface area contributed by atoms with Crippen LogP contribution in [0.25, 0.3) is 16.5 Å². The van der Waals surface area contributed by atoms with Crippen LogP contribution in [0, 0.1) is 11.3 Å². The lowest BCUT2D eigenvalue weighted by atomic mass is 9.63. The molecule has 2 heterocycles. The summed E-state index contributed by atoms with van der Waals surface area (Å²) in [6, 6.07) is 6.28. The van der Waals surface area contributed by atoms with E-state index < -0.39 is 34.8 Å². The van der Waals surface area contributed by atoms with Gasteiger partial charge < -0.3 is 15.5 Å². The van der Waals surface area contributed by atoms with Crippen molar-refractivity contribution in [1.29, 1.82) is 0 Å². The highest BCUT2D eigenvalue weighted by molar-refractivity contribution is 7.15. The van der Waals surface area contributed by atoms with E-state index >= 15 is 0 Å². The smallest absolute Gasteiger partial charge is 0.433 e. The van der Waals surface area contributed by atoms with E-state index in [1.807, 2.05) is 39.0 Å². The van der Waals surface area contributed by atoms with Crippen molar-refractivity contribution in [2.45, 2.75) is 58.2 Å². The van der Waals surface area contributed by atoms with Gasteiger partial charge in [0, 0.05) is 18.1 Å². The predicted octanol–water partition coefficient (Wildman–Crippen LogP) is 6.88. The zero-order valence-electron chi connectivity index (χ0n) is 21.2. The molecule has 0 spiro atoms. The number of carboxylic acid groups (broad SMARTS) is 1. The normalized spacial score (nSPS) is 21.5. The number of benzene rings is 1. The van der Waals surface area contributed by atoms with Crippen molar-refractivity contribution in [3.05, 3.63) is 59.0 Å². The fraction of sp³-hybridized carbons (Fsp3) is 0.407. The lowest BCUT2D eigenvalue weighted by molar-refractivity contribution is -0.154. The Labute approximate surface area is 222 Å². The third-order valence-corrected chi connectivity index (χ3v) is 7.97. The first-order valence-electron chi connectivity index (χ1n) is 12.2. The van der Waals surface area contributed by atoms with Crippen LogP contribution >= 0.6 is 11.3 Å². The molecule has 1 aliphatic carbocycles. The van der Waals surface area contributed by atoms with Crippen molar-refractivity contribution < 1.29 is 28.2 Å². The summed E-state index contributed by atoms with van der Waals surface area (Å²) in [5, 5.41) is 24.4. The number of aliphatic hydroxyl groups is 1. The van der Waals surface area contributed by atoms with Crippen LogP contribution in [0.15, 0.2) is 42.7 Å². The maximum Gasteiger partial charge on any atom is 0.433 e. The van der Waals surface area contributed by atoms with Crippen LogP contribution in [-0.4, -0.2) is 31.1 Å². The fourth-order valence-electron chi connectivity index (χ4n) is 4.92. The van der Waals surface area contributed by atoms with E-state index in [1.165, 1.54) is 11.3 Å². The molecule has 0 radical (unpaired) electrons. The molecule has 4 rings (SSSR count). The van der Waals surface area contributed by atoms with Crippen molar-refractivity contribution in [2.24, 2.45) is 11.3 Å². The minimum absolute atomic E-state index is 0.181. The molecule has 0 saturated heterocycles. The first kappa shape index (κ1) is 27.7. The summed E-state index contributed by atoms with van der Waals surface area (Å²) in [6.45, 7) is 5.69. The lowest BCUT2D eigenvalue weighted by Gasteiger charge is -2.44. The number of carbonyl (C=O) groups is 1. The molecule has 38 heavy (non-hydrogen) atoms. The van der Waals surface area contributed by atoms with Gasteiger partial charge in [-0.2, -0.15) is 13.2 Å². The van der Waals surface area contributed by atoms with Crippen molar-refractivity contribution in [3.8, 4) is 10.4 Å². The van der Waals surface area contributed by atoms with Gasteiger partial charge in [-0.25, -0.2) is 15.0 Å². The van der Waals surface area contributed by atoms with Crippen LogP contribution in [-0.2, 0) is 16.6 Å². The minimum Gasteiger partial charge on any atom is -0.481 e. The summed E-state index contributed by atoms with van der Waals surface area (Å²) in [5.41, 5.74) is -0.838.